The van der Waals surface area contributed by atoms with Gasteiger partial charge >= 0.3 is 5.97 Å². The fourth-order valence-electron chi connectivity index (χ4n) is 7.12. The van der Waals surface area contributed by atoms with E-state index in [-0.39, 0.29) is 0 Å². The molecule has 2 fully saturated rings. The average molecular weight is 515 g/mol. The van der Waals surface area contributed by atoms with Crippen LogP contribution in [0.5, 0.6) is 0 Å². The summed E-state index contributed by atoms with van der Waals surface area (Å²) in [6, 6.07) is 15.4. The largest absolute Gasteiger partial charge is 0.478 e. The Morgan fingerprint density at radius 3 is 2.42 bits per heavy atom. The first-order valence-electron chi connectivity index (χ1n) is 14.7. The van der Waals surface area contributed by atoms with Crippen molar-refractivity contribution < 1.29 is 9.90 Å². The number of carboxylic acids is 1. The molecule has 2 aliphatic heterocycles. The highest BCUT2D eigenvalue weighted by molar-refractivity contribution is 5.99. The van der Waals surface area contributed by atoms with Gasteiger partial charge in [0, 0.05) is 80.6 Å². The van der Waals surface area contributed by atoms with Gasteiger partial charge in [-0.2, -0.15) is 0 Å². The predicted octanol–water partition coefficient (Wildman–Crippen LogP) is 5.90. The Labute approximate surface area is 226 Å². The van der Waals surface area contributed by atoms with Gasteiger partial charge in [-0.05, 0) is 56.4 Å². The van der Waals surface area contributed by atoms with E-state index in [1.54, 1.807) is 6.07 Å². The number of para-hydroxylation sites is 1. The monoisotopic (exact) mass is 514 g/mol. The molecule has 38 heavy (non-hydrogen) atoms. The summed E-state index contributed by atoms with van der Waals surface area (Å²) in [4.78, 5) is 19.7. The molecule has 3 aliphatic rings. The number of anilines is 1. The molecular formula is C32H42N4O2. The van der Waals surface area contributed by atoms with Crippen LogP contribution in [0.25, 0.3) is 22.2 Å². The Bertz CT molecular complexity index is 1300. The van der Waals surface area contributed by atoms with Gasteiger partial charge in [0.2, 0.25) is 0 Å². The van der Waals surface area contributed by atoms with Crippen LogP contribution < -0.4 is 4.90 Å². The molecule has 6 rings (SSSR count). The van der Waals surface area contributed by atoms with Crippen molar-refractivity contribution in [2.75, 3.05) is 50.7 Å². The maximum atomic E-state index is 11.9. The number of nitrogens with zero attached hydrogens (tertiary/aromatic N) is 4. The van der Waals surface area contributed by atoms with Gasteiger partial charge in [0.1, 0.15) is 0 Å². The number of rotatable bonds is 6. The number of carboxylic acid groups (broad SMARTS) is 1. The van der Waals surface area contributed by atoms with Crippen molar-refractivity contribution in [3.05, 3.63) is 53.6 Å². The van der Waals surface area contributed by atoms with Crippen molar-refractivity contribution in [1.82, 2.24) is 14.4 Å². The summed E-state index contributed by atoms with van der Waals surface area (Å²) in [6.45, 7) is 13.1. The van der Waals surface area contributed by atoms with E-state index in [1.165, 1.54) is 60.0 Å². The van der Waals surface area contributed by atoms with Crippen molar-refractivity contribution in [2.45, 2.75) is 64.5 Å². The Kier molecular flexibility index (Phi) is 7.19. The highest BCUT2D eigenvalue weighted by Crippen LogP contribution is 2.47. The van der Waals surface area contributed by atoms with Crippen LogP contribution >= 0.6 is 0 Å². The quantitative estimate of drug-likeness (QED) is 0.444. The molecule has 0 radical (unpaired) electrons. The first-order valence-corrected chi connectivity index (χ1v) is 14.7. The molecule has 1 N–H and O–H groups in total. The van der Waals surface area contributed by atoms with Crippen molar-refractivity contribution >= 4 is 22.6 Å². The van der Waals surface area contributed by atoms with E-state index in [0.717, 1.165) is 57.9 Å². The van der Waals surface area contributed by atoms with E-state index in [9.17, 15) is 9.90 Å². The van der Waals surface area contributed by atoms with Gasteiger partial charge in [-0.1, -0.05) is 43.5 Å². The predicted molar refractivity (Wildman–Crippen MR) is 156 cm³/mol. The maximum absolute atomic E-state index is 11.9. The first-order chi connectivity index (χ1) is 18.5. The number of piperazine rings is 1. The van der Waals surface area contributed by atoms with Crippen LogP contribution in [0.4, 0.5) is 5.69 Å². The lowest BCUT2D eigenvalue weighted by Crippen LogP contribution is -2.50. The van der Waals surface area contributed by atoms with Crippen molar-refractivity contribution in [3.63, 3.8) is 0 Å². The molecule has 6 nitrogen and oxygen atoms in total. The number of fused-ring (bicyclic) bond motifs is 5. The van der Waals surface area contributed by atoms with E-state index in [1.807, 2.05) is 6.07 Å². The molecule has 1 aliphatic carbocycles. The molecule has 1 aromatic heterocycles. The molecular weight excluding hydrogens is 472 g/mol. The second-order valence-corrected chi connectivity index (χ2v) is 11.8. The van der Waals surface area contributed by atoms with Crippen LogP contribution in [0.3, 0.4) is 0 Å². The van der Waals surface area contributed by atoms with Gasteiger partial charge in [-0.15, -0.1) is 0 Å². The Morgan fingerprint density at radius 1 is 0.921 bits per heavy atom. The minimum atomic E-state index is -0.852. The SMILES string of the molecule is CC(C)N1CCN(CCN2CCn3c(c(C4CCCCC4)c4ccc(C(=O)O)cc43)-c3ccccc32)CC1. The molecule has 0 spiro atoms. The van der Waals surface area contributed by atoms with E-state index >= 15 is 0 Å². The Balaban J connectivity index is 1.36. The maximum Gasteiger partial charge on any atom is 0.335 e. The van der Waals surface area contributed by atoms with Crippen LogP contribution in [0.2, 0.25) is 0 Å². The van der Waals surface area contributed by atoms with Gasteiger partial charge in [-0.3, -0.25) is 9.80 Å². The summed E-state index contributed by atoms with van der Waals surface area (Å²) in [7, 11) is 0. The molecule has 0 unspecified atom stereocenters. The number of aromatic carboxylic acids is 1. The lowest BCUT2D eigenvalue weighted by Gasteiger charge is -2.38. The summed E-state index contributed by atoms with van der Waals surface area (Å²) in [5, 5.41) is 11.0. The fourth-order valence-corrected chi connectivity index (χ4v) is 7.12. The Hall–Kier alpha value is -2.83. The van der Waals surface area contributed by atoms with Gasteiger partial charge in [0.15, 0.2) is 0 Å². The second-order valence-electron chi connectivity index (χ2n) is 11.8. The van der Waals surface area contributed by atoms with Gasteiger partial charge in [0.25, 0.3) is 0 Å². The summed E-state index contributed by atoms with van der Waals surface area (Å²) in [5.41, 5.74) is 6.88. The standard InChI is InChI=1S/C32H42N4O2/c1-23(2)34-17-14-33(15-18-34)16-19-35-20-21-36-29-22-25(32(37)38)12-13-26(29)30(24-8-4-3-5-9-24)31(36)27-10-6-7-11-28(27)35/h6-7,10-13,22-24H,3-5,8-9,14-21H2,1-2H3,(H,37,38). The molecule has 202 valence electrons. The number of carbonyl (C=O) groups is 1. The van der Waals surface area contributed by atoms with Crippen LogP contribution in [0.1, 0.15) is 67.8 Å². The zero-order valence-electron chi connectivity index (χ0n) is 23.0. The molecule has 0 bridgehead atoms. The second kappa shape index (κ2) is 10.7. The average Bonchev–Trinajstić information content (AvgIpc) is 3.17. The summed E-state index contributed by atoms with van der Waals surface area (Å²) in [6.07, 6.45) is 6.33. The highest BCUT2D eigenvalue weighted by Gasteiger charge is 2.31. The van der Waals surface area contributed by atoms with Crippen LogP contribution in [0.15, 0.2) is 42.5 Å². The molecule has 0 atom stereocenters. The zero-order chi connectivity index (χ0) is 26.2. The summed E-state index contributed by atoms with van der Waals surface area (Å²) in [5.74, 6) is -0.315. The van der Waals surface area contributed by atoms with Crippen molar-refractivity contribution in [3.8, 4) is 11.3 Å². The third-order valence-electron chi connectivity index (χ3n) is 9.28. The van der Waals surface area contributed by atoms with Gasteiger partial charge < -0.3 is 14.6 Å². The van der Waals surface area contributed by atoms with E-state index < -0.39 is 5.97 Å². The topological polar surface area (TPSA) is 52.0 Å². The smallest absolute Gasteiger partial charge is 0.335 e. The number of aromatic nitrogens is 1. The van der Waals surface area contributed by atoms with Gasteiger partial charge in [0.05, 0.1) is 11.3 Å². The van der Waals surface area contributed by atoms with Crippen LogP contribution in [-0.2, 0) is 6.54 Å². The third-order valence-corrected chi connectivity index (χ3v) is 9.28. The number of hydrogen-bond acceptors (Lipinski definition) is 4. The molecule has 0 amide bonds. The molecule has 2 aromatic carbocycles. The Morgan fingerprint density at radius 2 is 1.68 bits per heavy atom. The van der Waals surface area contributed by atoms with E-state index in [4.69, 9.17) is 0 Å². The first kappa shape index (κ1) is 25.4. The van der Waals surface area contributed by atoms with Gasteiger partial charge in [-0.25, -0.2) is 4.79 Å². The summed E-state index contributed by atoms with van der Waals surface area (Å²) < 4.78 is 2.45. The van der Waals surface area contributed by atoms with Crippen molar-refractivity contribution in [1.29, 1.82) is 0 Å². The minimum Gasteiger partial charge on any atom is -0.478 e. The number of benzene rings is 2. The highest BCUT2D eigenvalue weighted by atomic mass is 16.4. The molecule has 3 heterocycles. The van der Waals surface area contributed by atoms with E-state index in [2.05, 4.69) is 63.4 Å². The van der Waals surface area contributed by atoms with Crippen LogP contribution in [0, 0.1) is 0 Å². The molecule has 1 saturated heterocycles. The van der Waals surface area contributed by atoms with Crippen molar-refractivity contribution in [2.24, 2.45) is 0 Å². The normalized spacial score (nSPS) is 19.5. The lowest BCUT2D eigenvalue weighted by molar-refractivity contribution is 0.0697. The minimum absolute atomic E-state index is 0.378. The van der Waals surface area contributed by atoms with E-state index in [0.29, 0.717) is 17.5 Å². The molecule has 3 aromatic rings. The summed E-state index contributed by atoms with van der Waals surface area (Å²) >= 11 is 0. The third kappa shape index (κ3) is 4.73. The van der Waals surface area contributed by atoms with Crippen LogP contribution in [-0.4, -0.2) is 77.3 Å². The fraction of sp³-hybridized carbons (Fsp3) is 0.531. The number of hydrogen-bond donors (Lipinski definition) is 1. The molecule has 6 heteroatoms. The molecule has 1 saturated carbocycles. The lowest BCUT2D eigenvalue weighted by atomic mass is 9.81. The zero-order valence-corrected chi connectivity index (χ0v) is 23.0.